The number of hydrogen-bond donors (Lipinski definition) is 1. The van der Waals surface area contributed by atoms with Crippen molar-refractivity contribution >= 4 is 244 Å². The quantitative estimate of drug-likeness (QED) is 0.158. The van der Waals surface area contributed by atoms with Gasteiger partial charge in [-0.15, -0.1) is 0 Å². The average Bonchev–Trinajstić information content (AvgIpc) is 1.59. The van der Waals surface area contributed by atoms with Crippen molar-refractivity contribution in [2.24, 2.45) is 0 Å². The maximum Gasteiger partial charge on any atom is 0.137 e. The van der Waals surface area contributed by atoms with Gasteiger partial charge in [-0.3, -0.25) is 0 Å². The Balaban J connectivity index is 0.000000131. The fourth-order valence-electron chi connectivity index (χ4n) is 16.0. The molecule has 10 nitrogen and oxygen atoms in total. The second-order valence-corrected chi connectivity index (χ2v) is 28.7. The Bertz CT molecular complexity index is 7440. The highest BCUT2D eigenvalue weighted by Crippen LogP contribution is 2.46. The molecule has 12 heteroatoms. The molecule has 24 aromatic rings. The van der Waals surface area contributed by atoms with Crippen molar-refractivity contribution in [3.8, 4) is 0 Å². The Morgan fingerprint density at radius 3 is 0.845 bits per heavy atom. The first-order valence-corrected chi connectivity index (χ1v) is 37.1. The summed E-state index contributed by atoms with van der Waals surface area (Å²) in [6.45, 7) is 0. The van der Waals surface area contributed by atoms with Crippen molar-refractivity contribution in [3.63, 3.8) is 0 Å². The molecule has 0 atom stereocenters. The van der Waals surface area contributed by atoms with Gasteiger partial charge in [0.2, 0.25) is 0 Å². The average molecular weight is 1460 g/mol. The summed E-state index contributed by atoms with van der Waals surface area (Å²) in [5.41, 5.74) is 20.3. The molecule has 0 aliphatic carbocycles. The second kappa shape index (κ2) is 25.3. The molecule has 0 aliphatic rings. The SMILES string of the molecule is Clc1ccc2c(c1)oc1cc3cc4c(cc3cc12)oc1cc(Cl)ccc14.c1ccc(N(c2ccc3c(c2)oc2cc4cc5c(cc4cc23)oc2cc(N(c3ccccc3)c3ccc4oc6ccccc6c4c3)ccc25)c2ccc3oc4ccccc4c3c2)cc1.c1ccc(Nc2ccc3oc4ccccc4c3c2)cc1. The van der Waals surface area contributed by atoms with Crippen molar-refractivity contribution in [2.45, 2.75) is 0 Å². The maximum atomic E-state index is 6.71. The standard InChI is InChI=1S/C58H34N2O4.C22H10Cl2O2.C18H13NO/c1-3-11-37(12-4-1)59(39-21-25-53-49(31-39)43-15-7-9-17-51(43)61-53)41-19-23-45-47-27-35-30-56-48(28-36(35)29-55(47)63-57(45)33-41)46-24-20-42(34-58(46)64-56)60(38-13-5-2-6-14-38)40-22-26-54-50(32-40)44-16-8-10-18-52(44)62-54;23-13-1-3-15-17-5-11-8-20-18(16-4-2-14(24)10-22(16)26-20)6-12(11)7-19(17)25-21(15)9-13;1-2-6-13(7-3-1)19-14-10-11-18-16(12-14)15-8-4-5-9-17(15)20-18/h1-34H;1-10H;1-12,19H. The molecule has 0 bridgehead atoms. The van der Waals surface area contributed by atoms with Crippen LogP contribution in [-0.2, 0) is 0 Å². The zero-order chi connectivity index (χ0) is 72.7. The fraction of sp³-hybridized carbons (Fsp3) is 0. The predicted octanol–water partition coefficient (Wildman–Crippen LogP) is 30.7. The minimum atomic E-state index is 0.670. The van der Waals surface area contributed by atoms with Gasteiger partial charge in [-0.25, -0.2) is 0 Å². The summed E-state index contributed by atoms with van der Waals surface area (Å²) in [7, 11) is 0. The maximum absolute atomic E-state index is 6.71. The van der Waals surface area contributed by atoms with Gasteiger partial charge in [0.05, 0.1) is 0 Å². The number of hydrogen-bond acceptors (Lipinski definition) is 10. The van der Waals surface area contributed by atoms with E-state index < -0.39 is 0 Å². The number of anilines is 8. The summed E-state index contributed by atoms with van der Waals surface area (Å²) in [4.78, 5) is 4.54. The molecule has 0 spiro atoms. The Kier molecular flexibility index (Phi) is 14.5. The van der Waals surface area contributed by atoms with E-state index >= 15 is 0 Å². The summed E-state index contributed by atoms with van der Waals surface area (Å²) in [6.07, 6.45) is 0. The molecule has 7 aromatic heterocycles. The lowest BCUT2D eigenvalue weighted by molar-refractivity contribution is 0.668. The van der Waals surface area contributed by atoms with Crippen LogP contribution in [0.25, 0.3) is 175 Å². The first kappa shape index (κ1) is 63.1. The van der Waals surface area contributed by atoms with Crippen LogP contribution in [0.3, 0.4) is 0 Å². The Labute approximate surface area is 635 Å². The Morgan fingerprint density at radius 2 is 0.445 bits per heavy atom. The van der Waals surface area contributed by atoms with E-state index in [0.717, 1.165) is 221 Å². The van der Waals surface area contributed by atoms with Gasteiger partial charge in [0.15, 0.2) is 0 Å². The van der Waals surface area contributed by atoms with Crippen LogP contribution in [0.1, 0.15) is 0 Å². The summed E-state index contributed by atoms with van der Waals surface area (Å²) < 4.78 is 43.6. The van der Waals surface area contributed by atoms with Crippen LogP contribution in [0.2, 0.25) is 10.0 Å². The normalized spacial score (nSPS) is 11.9. The first-order valence-electron chi connectivity index (χ1n) is 36.3. The van der Waals surface area contributed by atoms with E-state index in [1.54, 1.807) is 0 Å². The first-order chi connectivity index (χ1) is 54.2. The van der Waals surface area contributed by atoms with E-state index in [4.69, 9.17) is 54.1 Å². The Morgan fingerprint density at radius 1 is 0.173 bits per heavy atom. The smallest absolute Gasteiger partial charge is 0.137 e. The van der Waals surface area contributed by atoms with Crippen LogP contribution in [-0.4, -0.2) is 0 Å². The number of furan rings is 7. The molecular formula is C98H57Cl2N3O7. The van der Waals surface area contributed by atoms with Gasteiger partial charge in [-0.1, -0.05) is 132 Å². The topological polar surface area (TPSA) is 110 Å². The molecule has 110 heavy (non-hydrogen) atoms. The molecule has 7 heterocycles. The molecular weight excluding hydrogens is 1400 g/mol. The highest BCUT2D eigenvalue weighted by molar-refractivity contribution is 6.32. The van der Waals surface area contributed by atoms with E-state index in [0.29, 0.717) is 10.0 Å². The van der Waals surface area contributed by atoms with Gasteiger partial charge >= 0.3 is 0 Å². The molecule has 24 rings (SSSR count). The van der Waals surface area contributed by atoms with Crippen molar-refractivity contribution in [2.75, 3.05) is 15.1 Å². The van der Waals surface area contributed by atoms with Crippen LogP contribution in [0.15, 0.2) is 371 Å². The lowest BCUT2D eigenvalue weighted by Gasteiger charge is -2.25. The predicted molar refractivity (Wildman–Crippen MR) is 454 cm³/mol. The minimum Gasteiger partial charge on any atom is -0.456 e. The molecule has 1 N–H and O–H groups in total. The van der Waals surface area contributed by atoms with Gasteiger partial charge in [-0.2, -0.15) is 0 Å². The molecule has 17 aromatic carbocycles. The van der Waals surface area contributed by atoms with Crippen LogP contribution in [0, 0.1) is 0 Å². The highest BCUT2D eigenvalue weighted by atomic mass is 35.5. The van der Waals surface area contributed by atoms with Crippen molar-refractivity contribution in [3.05, 3.63) is 350 Å². The summed E-state index contributed by atoms with van der Waals surface area (Å²) >= 11 is 12.2. The molecule has 520 valence electrons. The van der Waals surface area contributed by atoms with Crippen LogP contribution in [0.4, 0.5) is 45.5 Å². The number of para-hydroxylation sites is 6. The van der Waals surface area contributed by atoms with E-state index in [-0.39, 0.29) is 0 Å². The number of rotatable bonds is 8. The molecule has 0 amide bonds. The van der Waals surface area contributed by atoms with E-state index in [2.05, 4.69) is 234 Å². The monoisotopic (exact) mass is 1460 g/mol. The van der Waals surface area contributed by atoms with Crippen molar-refractivity contribution in [1.29, 1.82) is 0 Å². The molecule has 0 saturated heterocycles. The van der Waals surface area contributed by atoms with Gasteiger partial charge in [0, 0.05) is 155 Å². The third-order valence-corrected chi connectivity index (χ3v) is 21.6. The third-order valence-electron chi connectivity index (χ3n) is 21.2. The Hall–Kier alpha value is -14.2. The lowest BCUT2D eigenvalue weighted by atomic mass is 10.0. The number of benzene rings is 17. The van der Waals surface area contributed by atoms with Crippen LogP contribution >= 0.6 is 23.2 Å². The van der Waals surface area contributed by atoms with Gasteiger partial charge in [0.25, 0.3) is 0 Å². The lowest BCUT2D eigenvalue weighted by Crippen LogP contribution is -2.09. The molecule has 0 unspecified atom stereocenters. The molecule has 0 fully saturated rings. The van der Waals surface area contributed by atoms with Crippen molar-refractivity contribution < 1.29 is 30.9 Å². The summed E-state index contributed by atoms with van der Waals surface area (Å²) in [6, 6.07) is 116. The van der Waals surface area contributed by atoms with Gasteiger partial charge in [0.1, 0.15) is 78.2 Å². The number of halogens is 2. The minimum absolute atomic E-state index is 0.670. The molecule has 0 aliphatic heterocycles. The number of nitrogens with one attached hydrogen (secondary N) is 1. The van der Waals surface area contributed by atoms with Gasteiger partial charge in [-0.05, 0) is 228 Å². The van der Waals surface area contributed by atoms with Crippen LogP contribution in [0.5, 0.6) is 0 Å². The third kappa shape index (κ3) is 10.8. The zero-order valence-electron chi connectivity index (χ0n) is 58.3. The molecule has 0 saturated carbocycles. The summed E-state index contributed by atoms with van der Waals surface area (Å²) in [5.74, 6) is 0. The van der Waals surface area contributed by atoms with Gasteiger partial charge < -0.3 is 46.0 Å². The van der Waals surface area contributed by atoms with E-state index in [9.17, 15) is 0 Å². The number of nitrogens with zero attached hydrogens (tertiary/aromatic N) is 2. The molecule has 0 radical (unpaired) electrons. The number of fused-ring (bicyclic) bond motifs is 23. The van der Waals surface area contributed by atoms with Crippen LogP contribution < -0.4 is 15.1 Å². The highest BCUT2D eigenvalue weighted by Gasteiger charge is 2.22. The summed E-state index contributed by atoms with van der Waals surface area (Å²) in [5, 5.41) is 24.3. The van der Waals surface area contributed by atoms with E-state index in [1.165, 1.54) is 0 Å². The zero-order valence-corrected chi connectivity index (χ0v) is 59.9. The fourth-order valence-corrected chi connectivity index (χ4v) is 16.4. The largest absolute Gasteiger partial charge is 0.456 e. The second-order valence-electron chi connectivity index (χ2n) is 27.8. The van der Waals surface area contributed by atoms with E-state index in [1.807, 2.05) is 121 Å². The van der Waals surface area contributed by atoms with Crippen molar-refractivity contribution in [1.82, 2.24) is 0 Å².